The molecule has 6 rings (SSSR count). The van der Waals surface area contributed by atoms with E-state index in [1.165, 1.54) is 4.31 Å². The van der Waals surface area contributed by atoms with Gasteiger partial charge in [0, 0.05) is 48.0 Å². The highest BCUT2D eigenvalue weighted by molar-refractivity contribution is 7.89. The average Bonchev–Trinajstić information content (AvgIpc) is 3.15. The summed E-state index contributed by atoms with van der Waals surface area (Å²) in [4.78, 5) is 30.6. The molecule has 5 aromatic rings. The quantitative estimate of drug-likeness (QED) is 0.113. The fourth-order valence-electron chi connectivity index (χ4n) is 6.74. The highest BCUT2D eigenvalue weighted by Gasteiger charge is 2.38. The van der Waals surface area contributed by atoms with Crippen LogP contribution in [0, 0.1) is 0 Å². The molecule has 0 spiro atoms. The second kappa shape index (κ2) is 16.6. The van der Waals surface area contributed by atoms with E-state index in [4.69, 9.17) is 16.3 Å². The van der Waals surface area contributed by atoms with E-state index in [9.17, 15) is 18.0 Å². The van der Waals surface area contributed by atoms with Crippen molar-refractivity contribution in [1.82, 2.24) is 4.31 Å². The molecule has 0 fully saturated rings. The van der Waals surface area contributed by atoms with E-state index in [1.807, 2.05) is 104 Å². The Morgan fingerprint density at radius 3 is 1.96 bits per heavy atom. The maximum atomic E-state index is 14.0. The summed E-state index contributed by atoms with van der Waals surface area (Å²) in [6.45, 7) is 4.32. The molecule has 0 saturated carbocycles. The van der Waals surface area contributed by atoms with E-state index in [2.05, 4.69) is 0 Å². The van der Waals surface area contributed by atoms with Crippen molar-refractivity contribution >= 4 is 44.8 Å². The van der Waals surface area contributed by atoms with Crippen molar-refractivity contribution in [3.8, 4) is 5.75 Å². The molecule has 8 nitrogen and oxygen atoms in total. The van der Waals surface area contributed by atoms with Gasteiger partial charge in [-0.3, -0.25) is 9.59 Å². The number of sulfonamides is 1. The van der Waals surface area contributed by atoms with Crippen molar-refractivity contribution < 1.29 is 22.7 Å². The number of ether oxygens (including phenoxy) is 1. The van der Waals surface area contributed by atoms with Crippen LogP contribution in [0.3, 0.4) is 0 Å². The van der Waals surface area contributed by atoms with Gasteiger partial charge in [-0.15, -0.1) is 0 Å². The number of para-hydroxylation sites is 1. The zero-order valence-corrected chi connectivity index (χ0v) is 30.8. The van der Waals surface area contributed by atoms with Gasteiger partial charge in [-0.05, 0) is 91.1 Å². The van der Waals surface area contributed by atoms with Crippen LogP contribution in [-0.2, 0) is 27.9 Å². The minimum absolute atomic E-state index is 0.0600. The Hall–Kier alpha value is -4.96. The Balaban J connectivity index is 1.10. The molecule has 268 valence electrons. The predicted octanol–water partition coefficient (Wildman–Crippen LogP) is 8.67. The molecule has 10 heteroatoms. The molecule has 5 aromatic carbocycles. The Morgan fingerprint density at radius 2 is 1.37 bits per heavy atom. The van der Waals surface area contributed by atoms with Crippen LogP contribution in [0.1, 0.15) is 59.8 Å². The summed E-state index contributed by atoms with van der Waals surface area (Å²) in [5.41, 5.74) is 4.73. The summed E-state index contributed by atoms with van der Waals surface area (Å²) in [6.07, 6.45) is 0.850. The Bertz CT molecular complexity index is 2040. The maximum absolute atomic E-state index is 14.0. The van der Waals surface area contributed by atoms with Gasteiger partial charge < -0.3 is 14.5 Å². The molecule has 52 heavy (non-hydrogen) atoms. The van der Waals surface area contributed by atoms with Gasteiger partial charge >= 0.3 is 0 Å². The van der Waals surface area contributed by atoms with E-state index < -0.39 is 10.0 Å². The second-order valence-corrected chi connectivity index (χ2v) is 15.5. The van der Waals surface area contributed by atoms with Crippen LogP contribution in [0.25, 0.3) is 0 Å². The molecule has 1 heterocycles. The Kier molecular flexibility index (Phi) is 11.7. The van der Waals surface area contributed by atoms with Gasteiger partial charge in [0.2, 0.25) is 15.9 Å². The largest absolute Gasteiger partial charge is 0.494 e. The number of benzene rings is 5. The second-order valence-electron chi connectivity index (χ2n) is 13.0. The molecule has 1 aliphatic rings. The topological polar surface area (TPSA) is 87.2 Å². The predicted molar refractivity (Wildman–Crippen MR) is 207 cm³/mol. The standard InChI is InChI=1S/C42H42ClN3O5S/c1-31-28-41(46(32(2)47)37-22-20-36(43)21-23-37)39-16-9-10-17-40(39)45(31)42(48)35-18-24-38(25-19-35)51-26-11-27-52(49,50)44(29-33-12-5-3-6-13-33)30-34-14-7-4-8-15-34/h3-10,12-25,31,41H,11,26-30H2,1-2H3. The van der Waals surface area contributed by atoms with Crippen LogP contribution in [0.4, 0.5) is 11.4 Å². The highest BCUT2D eigenvalue weighted by Crippen LogP contribution is 2.43. The third kappa shape index (κ3) is 8.73. The number of fused-ring (bicyclic) bond motifs is 1. The first-order valence-electron chi connectivity index (χ1n) is 17.4. The summed E-state index contributed by atoms with van der Waals surface area (Å²) in [6, 6.07) is 40.5. The summed E-state index contributed by atoms with van der Waals surface area (Å²) in [5, 5.41) is 0.589. The first kappa shape index (κ1) is 36.8. The Labute approximate surface area is 311 Å². The number of carbonyl (C=O) groups is 2. The summed E-state index contributed by atoms with van der Waals surface area (Å²) >= 11 is 6.13. The fraction of sp³-hybridized carbons (Fsp3) is 0.238. The number of amides is 2. The minimum atomic E-state index is -3.59. The average molecular weight is 736 g/mol. The number of nitrogens with zero attached hydrogens (tertiary/aromatic N) is 3. The van der Waals surface area contributed by atoms with Crippen molar-refractivity contribution in [2.45, 2.75) is 51.9 Å². The number of anilines is 2. The van der Waals surface area contributed by atoms with Crippen molar-refractivity contribution in [3.05, 3.63) is 161 Å². The van der Waals surface area contributed by atoms with Crippen molar-refractivity contribution in [2.75, 3.05) is 22.2 Å². The Morgan fingerprint density at radius 1 is 0.788 bits per heavy atom. The van der Waals surface area contributed by atoms with E-state index in [-0.39, 0.29) is 49.3 Å². The molecule has 2 atom stereocenters. The minimum Gasteiger partial charge on any atom is -0.494 e. The fourth-order valence-corrected chi connectivity index (χ4v) is 8.30. The highest BCUT2D eigenvalue weighted by atomic mass is 35.5. The molecular weight excluding hydrogens is 694 g/mol. The third-order valence-corrected chi connectivity index (χ3v) is 11.4. The van der Waals surface area contributed by atoms with E-state index >= 15 is 0 Å². The SMILES string of the molecule is CC(=O)N(c1ccc(Cl)cc1)C1CC(C)N(C(=O)c2ccc(OCCCS(=O)(=O)N(Cc3ccccc3)Cc3ccccc3)cc2)c2ccccc21. The van der Waals surface area contributed by atoms with Gasteiger partial charge in [-0.25, -0.2) is 8.42 Å². The van der Waals surface area contributed by atoms with Gasteiger partial charge in [0.05, 0.1) is 18.4 Å². The number of rotatable bonds is 13. The zero-order chi connectivity index (χ0) is 36.7. The lowest BCUT2D eigenvalue weighted by molar-refractivity contribution is -0.117. The summed E-state index contributed by atoms with van der Waals surface area (Å²) < 4.78 is 34.5. The zero-order valence-electron chi connectivity index (χ0n) is 29.3. The van der Waals surface area contributed by atoms with Crippen LogP contribution in [0.5, 0.6) is 5.75 Å². The molecule has 0 aromatic heterocycles. The molecule has 1 aliphatic heterocycles. The van der Waals surface area contributed by atoms with Crippen LogP contribution in [0.15, 0.2) is 133 Å². The van der Waals surface area contributed by atoms with Crippen LogP contribution >= 0.6 is 11.6 Å². The lowest BCUT2D eigenvalue weighted by Gasteiger charge is -2.43. The first-order valence-corrected chi connectivity index (χ1v) is 19.4. The smallest absolute Gasteiger partial charge is 0.258 e. The number of carbonyl (C=O) groups excluding carboxylic acids is 2. The molecule has 0 bridgehead atoms. The number of hydrogen-bond acceptors (Lipinski definition) is 5. The van der Waals surface area contributed by atoms with Crippen LogP contribution in [-0.4, -0.2) is 42.9 Å². The number of halogens is 1. The van der Waals surface area contributed by atoms with Gasteiger partial charge in [-0.2, -0.15) is 4.31 Å². The summed E-state index contributed by atoms with van der Waals surface area (Å²) in [5.74, 6) is 0.231. The van der Waals surface area contributed by atoms with Crippen molar-refractivity contribution in [2.24, 2.45) is 0 Å². The lowest BCUT2D eigenvalue weighted by Crippen LogP contribution is -2.47. The van der Waals surface area contributed by atoms with Gasteiger partial charge in [0.15, 0.2) is 0 Å². The van der Waals surface area contributed by atoms with Crippen LogP contribution in [0.2, 0.25) is 5.02 Å². The molecular formula is C42H42ClN3O5S. The first-order chi connectivity index (χ1) is 25.1. The molecule has 2 amide bonds. The van der Waals surface area contributed by atoms with Gasteiger partial charge in [0.1, 0.15) is 5.75 Å². The normalized spacial score (nSPS) is 15.6. The molecule has 2 unspecified atom stereocenters. The monoisotopic (exact) mass is 735 g/mol. The van der Waals surface area contributed by atoms with Gasteiger partial charge in [0.25, 0.3) is 5.91 Å². The van der Waals surface area contributed by atoms with E-state index in [0.29, 0.717) is 29.2 Å². The molecule has 0 radical (unpaired) electrons. The molecule has 0 aliphatic carbocycles. The van der Waals surface area contributed by atoms with Crippen molar-refractivity contribution in [3.63, 3.8) is 0 Å². The summed E-state index contributed by atoms with van der Waals surface area (Å²) in [7, 11) is -3.59. The number of hydrogen-bond donors (Lipinski definition) is 0. The third-order valence-electron chi connectivity index (χ3n) is 9.25. The lowest BCUT2D eigenvalue weighted by atomic mass is 9.89. The van der Waals surface area contributed by atoms with Gasteiger partial charge in [-0.1, -0.05) is 90.5 Å². The maximum Gasteiger partial charge on any atom is 0.258 e. The van der Waals surface area contributed by atoms with Crippen molar-refractivity contribution in [1.29, 1.82) is 0 Å². The van der Waals surface area contributed by atoms with E-state index in [0.717, 1.165) is 28.1 Å². The van der Waals surface area contributed by atoms with Crippen LogP contribution < -0.4 is 14.5 Å². The molecule has 0 saturated heterocycles. The molecule has 0 N–H and O–H groups in total. The van der Waals surface area contributed by atoms with E-state index in [1.54, 1.807) is 53.1 Å².